The number of rotatable bonds is 0. The predicted molar refractivity (Wildman–Crippen MR) is 149 cm³/mol. The molecule has 0 saturated carbocycles. The van der Waals surface area contributed by atoms with Gasteiger partial charge in [-0.3, -0.25) is 4.90 Å². The Morgan fingerprint density at radius 2 is 1.15 bits per heavy atom. The van der Waals surface area contributed by atoms with Gasteiger partial charge in [0.2, 0.25) is 0 Å². The van der Waals surface area contributed by atoms with E-state index in [1.54, 1.807) is 9.13 Å². The molecule has 2 bridgehead atoms. The Hall–Kier alpha value is -3.62. The molecule has 8 nitrogen and oxygen atoms in total. The van der Waals surface area contributed by atoms with E-state index in [0.717, 1.165) is 10.8 Å². The van der Waals surface area contributed by atoms with Gasteiger partial charge in [-0.1, -0.05) is 36.4 Å². The van der Waals surface area contributed by atoms with Gasteiger partial charge in [0.1, 0.15) is 16.8 Å². The summed E-state index contributed by atoms with van der Waals surface area (Å²) in [6.07, 6.45) is -0.956. The molecule has 0 fully saturated rings. The van der Waals surface area contributed by atoms with Gasteiger partial charge in [-0.15, -0.1) is 0 Å². The molecule has 0 aliphatic carbocycles. The molecule has 0 spiro atoms. The normalized spacial score (nSPS) is 22.5. The van der Waals surface area contributed by atoms with Gasteiger partial charge >= 0.3 is 12.2 Å². The standard InChI is InChI=1S/C31H35N3O5/c1-18-31(37)25-19-12-8-10-14-21(19)33(27(35)38-29(2,3)4)23(25)16-32(18)17-24-26(31)20-13-9-11-15-22(20)34(24)28(36)39-30(5,6)7/h8-15,18,37H,16-17H2,1-7H3/t18-/m1/s1. The molecule has 4 heterocycles. The molecule has 0 radical (unpaired) electrons. The van der Waals surface area contributed by atoms with E-state index >= 15 is 0 Å². The Bertz CT molecular complexity index is 1550. The molecule has 2 aliphatic rings. The topological polar surface area (TPSA) is 85.9 Å². The number of hydrogen-bond donors (Lipinski definition) is 1. The average Bonchev–Trinajstić information content (AvgIpc) is 3.32. The van der Waals surface area contributed by atoms with Crippen LogP contribution in [-0.4, -0.2) is 48.6 Å². The largest absolute Gasteiger partial charge is 0.443 e. The van der Waals surface area contributed by atoms with Gasteiger partial charge in [-0.2, -0.15) is 0 Å². The van der Waals surface area contributed by atoms with Gasteiger partial charge in [-0.05, 0) is 60.6 Å². The third kappa shape index (κ3) is 3.72. The van der Waals surface area contributed by atoms with Gasteiger partial charge in [0.15, 0.2) is 0 Å². The number of nitrogens with zero attached hydrogens (tertiary/aromatic N) is 3. The summed E-state index contributed by atoms with van der Waals surface area (Å²) in [5.41, 5.74) is 1.27. The van der Waals surface area contributed by atoms with Crippen LogP contribution in [0.5, 0.6) is 0 Å². The monoisotopic (exact) mass is 529 g/mol. The zero-order valence-electron chi connectivity index (χ0n) is 23.5. The van der Waals surface area contributed by atoms with Crippen LogP contribution in [0.4, 0.5) is 9.59 Å². The molecule has 6 rings (SSSR count). The van der Waals surface area contributed by atoms with E-state index in [1.807, 2.05) is 97.0 Å². The highest BCUT2D eigenvalue weighted by Gasteiger charge is 2.55. The van der Waals surface area contributed by atoms with Gasteiger partial charge in [0.25, 0.3) is 0 Å². The molecular formula is C31H35N3O5. The molecule has 2 aromatic heterocycles. The van der Waals surface area contributed by atoms with Gasteiger partial charge < -0.3 is 14.6 Å². The Balaban J connectivity index is 1.67. The minimum atomic E-state index is -1.50. The second-order valence-electron chi connectivity index (χ2n) is 12.7. The summed E-state index contributed by atoms with van der Waals surface area (Å²) in [6.45, 7) is 13.9. The first-order valence-corrected chi connectivity index (χ1v) is 13.4. The number of ether oxygens (including phenoxy) is 2. The van der Waals surface area contributed by atoms with Crippen LogP contribution in [0.3, 0.4) is 0 Å². The minimum Gasteiger partial charge on any atom is -0.443 e. The molecule has 0 unspecified atom stereocenters. The molecule has 0 saturated heterocycles. The maximum absolute atomic E-state index is 13.6. The van der Waals surface area contributed by atoms with Crippen LogP contribution in [0.25, 0.3) is 21.8 Å². The van der Waals surface area contributed by atoms with E-state index in [9.17, 15) is 14.7 Å². The fraction of sp³-hybridized carbons (Fsp3) is 0.419. The van der Waals surface area contributed by atoms with Crippen LogP contribution in [0.1, 0.15) is 71.0 Å². The Kier molecular flexibility index (Phi) is 5.39. The maximum Gasteiger partial charge on any atom is 0.419 e. The van der Waals surface area contributed by atoms with Crippen molar-refractivity contribution >= 4 is 34.0 Å². The first kappa shape index (κ1) is 25.6. The van der Waals surface area contributed by atoms with E-state index in [2.05, 4.69) is 4.90 Å². The first-order chi connectivity index (χ1) is 18.2. The van der Waals surface area contributed by atoms with Crippen molar-refractivity contribution < 1.29 is 24.2 Å². The van der Waals surface area contributed by atoms with Crippen LogP contribution >= 0.6 is 0 Å². The van der Waals surface area contributed by atoms with Crippen molar-refractivity contribution in [2.75, 3.05) is 0 Å². The molecular weight excluding hydrogens is 494 g/mol. The van der Waals surface area contributed by atoms with Crippen LogP contribution in [0, 0.1) is 0 Å². The summed E-state index contributed by atoms with van der Waals surface area (Å²) in [5, 5.41) is 14.5. The lowest BCUT2D eigenvalue weighted by Gasteiger charge is -2.49. The van der Waals surface area contributed by atoms with E-state index in [1.165, 1.54) is 0 Å². The molecule has 1 N–H and O–H groups in total. The van der Waals surface area contributed by atoms with Crippen LogP contribution in [0.2, 0.25) is 0 Å². The number of para-hydroxylation sites is 2. The van der Waals surface area contributed by atoms with Crippen LogP contribution in [-0.2, 0) is 28.2 Å². The van der Waals surface area contributed by atoms with Crippen LogP contribution in [0.15, 0.2) is 48.5 Å². The maximum atomic E-state index is 13.6. The summed E-state index contributed by atoms with van der Waals surface area (Å²) in [7, 11) is 0. The summed E-state index contributed by atoms with van der Waals surface area (Å²) < 4.78 is 14.9. The molecule has 1 atom stereocenters. The number of benzene rings is 2. The quantitative estimate of drug-likeness (QED) is 0.296. The van der Waals surface area contributed by atoms with Crippen molar-refractivity contribution in [1.82, 2.24) is 14.0 Å². The molecule has 2 aromatic carbocycles. The SMILES string of the molecule is C[C@H]1N2Cc3c(c4ccccc4n3C(=O)OC(C)(C)C)C1(O)c1c(n(C(=O)OC(C)(C)C)c3ccccc13)C2. The van der Waals surface area contributed by atoms with Crippen molar-refractivity contribution in [2.45, 2.75) is 84.4 Å². The van der Waals surface area contributed by atoms with Crippen molar-refractivity contribution in [1.29, 1.82) is 0 Å². The Labute approximate surface area is 227 Å². The number of fused-ring (bicyclic) bond motifs is 10. The molecule has 204 valence electrons. The Morgan fingerprint density at radius 3 is 1.54 bits per heavy atom. The summed E-state index contributed by atoms with van der Waals surface area (Å²) in [5.74, 6) is 0. The smallest absolute Gasteiger partial charge is 0.419 e. The summed E-state index contributed by atoms with van der Waals surface area (Å²) >= 11 is 0. The number of hydrogen-bond acceptors (Lipinski definition) is 6. The number of carbonyl (C=O) groups is 2. The fourth-order valence-electron chi connectivity index (χ4n) is 6.29. The third-order valence-electron chi connectivity index (χ3n) is 7.72. The fourth-order valence-corrected chi connectivity index (χ4v) is 6.29. The lowest BCUT2D eigenvalue weighted by atomic mass is 9.72. The van der Waals surface area contributed by atoms with E-state index in [-0.39, 0.29) is 6.04 Å². The van der Waals surface area contributed by atoms with E-state index < -0.39 is 29.0 Å². The summed E-state index contributed by atoms with van der Waals surface area (Å²) in [6, 6.07) is 14.9. The highest BCUT2D eigenvalue weighted by Crippen LogP contribution is 2.53. The predicted octanol–water partition coefficient (Wildman–Crippen LogP) is 6.12. The molecule has 4 aromatic rings. The van der Waals surface area contributed by atoms with Crippen molar-refractivity contribution in [2.24, 2.45) is 0 Å². The molecule has 8 heteroatoms. The zero-order valence-corrected chi connectivity index (χ0v) is 23.5. The third-order valence-corrected chi connectivity index (χ3v) is 7.72. The second kappa shape index (κ2) is 8.19. The van der Waals surface area contributed by atoms with Gasteiger partial charge in [-0.25, -0.2) is 18.7 Å². The van der Waals surface area contributed by atoms with Gasteiger partial charge in [0, 0.05) is 41.0 Å². The summed E-state index contributed by atoms with van der Waals surface area (Å²) in [4.78, 5) is 29.3. The minimum absolute atomic E-state index is 0.312. The number of aliphatic hydroxyl groups is 1. The van der Waals surface area contributed by atoms with E-state index in [0.29, 0.717) is 46.6 Å². The van der Waals surface area contributed by atoms with E-state index in [4.69, 9.17) is 9.47 Å². The zero-order chi connectivity index (χ0) is 28.1. The van der Waals surface area contributed by atoms with Crippen molar-refractivity contribution in [3.05, 3.63) is 71.0 Å². The molecule has 39 heavy (non-hydrogen) atoms. The first-order valence-electron chi connectivity index (χ1n) is 13.4. The number of carbonyl (C=O) groups excluding carboxylic acids is 2. The molecule has 0 amide bonds. The molecule has 2 aliphatic heterocycles. The highest BCUT2D eigenvalue weighted by molar-refractivity contribution is 5.99. The number of aromatic nitrogens is 2. The lowest BCUT2D eigenvalue weighted by Crippen LogP contribution is -2.57. The second-order valence-corrected chi connectivity index (χ2v) is 12.7. The van der Waals surface area contributed by atoms with Crippen molar-refractivity contribution in [3.8, 4) is 0 Å². The highest BCUT2D eigenvalue weighted by atomic mass is 16.6. The Morgan fingerprint density at radius 1 is 0.769 bits per heavy atom. The van der Waals surface area contributed by atoms with Crippen LogP contribution < -0.4 is 0 Å². The lowest BCUT2D eigenvalue weighted by molar-refractivity contribution is -0.0486. The van der Waals surface area contributed by atoms with Crippen molar-refractivity contribution in [3.63, 3.8) is 0 Å². The average molecular weight is 530 g/mol. The van der Waals surface area contributed by atoms with Gasteiger partial charge in [0.05, 0.1) is 22.4 Å².